The molecular formula is C16H19N3O. The highest BCUT2D eigenvalue weighted by molar-refractivity contribution is 5.49. The van der Waals surface area contributed by atoms with E-state index in [4.69, 9.17) is 10.5 Å². The van der Waals surface area contributed by atoms with Gasteiger partial charge < -0.3 is 15.4 Å². The average Bonchev–Trinajstić information content (AvgIpc) is 3.01. The Kier molecular flexibility index (Phi) is 3.72. The van der Waals surface area contributed by atoms with Crippen molar-refractivity contribution in [3.8, 4) is 5.75 Å². The van der Waals surface area contributed by atoms with E-state index < -0.39 is 0 Å². The van der Waals surface area contributed by atoms with Gasteiger partial charge in [0.2, 0.25) is 0 Å². The number of hydrogen-bond acceptors (Lipinski definition) is 4. The molecule has 1 saturated heterocycles. The first-order valence-corrected chi connectivity index (χ1v) is 7.00. The van der Waals surface area contributed by atoms with Crippen LogP contribution in [0.2, 0.25) is 0 Å². The largest absolute Gasteiger partial charge is 0.489 e. The molecule has 0 radical (unpaired) electrons. The van der Waals surface area contributed by atoms with E-state index in [-0.39, 0.29) is 0 Å². The van der Waals surface area contributed by atoms with Crippen LogP contribution in [-0.4, -0.2) is 18.1 Å². The number of anilines is 2. The smallest absolute Gasteiger partial charge is 0.129 e. The molecule has 4 nitrogen and oxygen atoms in total. The molecule has 3 rings (SSSR count). The number of nitrogens with zero attached hydrogens (tertiary/aromatic N) is 2. The maximum Gasteiger partial charge on any atom is 0.129 e. The van der Waals surface area contributed by atoms with Gasteiger partial charge in [0.25, 0.3) is 0 Å². The van der Waals surface area contributed by atoms with Crippen molar-refractivity contribution in [2.24, 2.45) is 0 Å². The lowest BCUT2D eigenvalue weighted by Crippen LogP contribution is -2.17. The Labute approximate surface area is 119 Å². The fraction of sp³-hybridized carbons (Fsp3) is 0.312. The van der Waals surface area contributed by atoms with Crippen molar-refractivity contribution >= 4 is 11.5 Å². The highest BCUT2D eigenvalue weighted by Crippen LogP contribution is 2.23. The molecule has 2 heterocycles. The molecule has 104 valence electrons. The molecule has 1 aromatic heterocycles. The summed E-state index contributed by atoms with van der Waals surface area (Å²) < 4.78 is 5.75. The molecule has 2 N–H and O–H groups in total. The number of nitrogen functional groups attached to an aromatic ring is 1. The number of rotatable bonds is 4. The first-order valence-electron chi connectivity index (χ1n) is 7.00. The lowest BCUT2D eigenvalue weighted by molar-refractivity contribution is 0.306. The number of nitrogens with two attached hydrogens (primary N) is 1. The minimum atomic E-state index is 0.447. The standard InChI is InChI=1S/C16H19N3O/c17-16-13(4-3-9-18-16)12-20-15-7-5-14(6-8-15)19-10-1-2-11-19/h3-9H,1-2,10-12H2,(H2,17,18). The second kappa shape index (κ2) is 5.82. The zero-order valence-corrected chi connectivity index (χ0v) is 11.5. The Hall–Kier alpha value is -2.23. The summed E-state index contributed by atoms with van der Waals surface area (Å²) in [6.07, 6.45) is 4.26. The van der Waals surface area contributed by atoms with Crippen molar-refractivity contribution in [1.29, 1.82) is 0 Å². The van der Waals surface area contributed by atoms with Gasteiger partial charge in [0.05, 0.1) is 0 Å². The van der Waals surface area contributed by atoms with Crippen LogP contribution in [0.5, 0.6) is 5.75 Å². The predicted molar refractivity (Wildman–Crippen MR) is 80.9 cm³/mol. The molecule has 0 saturated carbocycles. The van der Waals surface area contributed by atoms with Crippen LogP contribution in [0.3, 0.4) is 0 Å². The summed E-state index contributed by atoms with van der Waals surface area (Å²) in [6, 6.07) is 12.1. The van der Waals surface area contributed by atoms with Gasteiger partial charge in [-0.05, 0) is 43.2 Å². The fourth-order valence-electron chi connectivity index (χ4n) is 2.46. The molecule has 0 amide bonds. The van der Waals surface area contributed by atoms with Crippen LogP contribution < -0.4 is 15.4 Å². The van der Waals surface area contributed by atoms with E-state index in [1.54, 1.807) is 6.20 Å². The predicted octanol–water partition coefficient (Wildman–Crippen LogP) is 2.84. The molecule has 2 aromatic rings. The van der Waals surface area contributed by atoms with Gasteiger partial charge in [-0.1, -0.05) is 6.07 Å². The number of pyridine rings is 1. The molecule has 4 heteroatoms. The lowest BCUT2D eigenvalue weighted by Gasteiger charge is -2.17. The summed E-state index contributed by atoms with van der Waals surface area (Å²) >= 11 is 0. The van der Waals surface area contributed by atoms with Gasteiger partial charge >= 0.3 is 0 Å². The number of hydrogen-bond donors (Lipinski definition) is 1. The van der Waals surface area contributed by atoms with Gasteiger partial charge in [-0.3, -0.25) is 0 Å². The summed E-state index contributed by atoms with van der Waals surface area (Å²) in [5.74, 6) is 1.39. The average molecular weight is 269 g/mol. The van der Waals surface area contributed by atoms with Crippen LogP contribution in [0.4, 0.5) is 11.5 Å². The second-order valence-electron chi connectivity index (χ2n) is 5.02. The maximum absolute atomic E-state index is 5.79. The van der Waals surface area contributed by atoms with Crippen molar-refractivity contribution in [2.75, 3.05) is 23.7 Å². The zero-order chi connectivity index (χ0) is 13.8. The maximum atomic E-state index is 5.79. The van der Waals surface area contributed by atoms with E-state index in [0.717, 1.165) is 24.4 Å². The van der Waals surface area contributed by atoms with Crippen LogP contribution in [0, 0.1) is 0 Å². The van der Waals surface area contributed by atoms with Gasteiger partial charge in [0, 0.05) is 30.5 Å². The Bertz CT molecular complexity index is 562. The van der Waals surface area contributed by atoms with Crippen molar-refractivity contribution in [3.63, 3.8) is 0 Å². The van der Waals surface area contributed by atoms with Crippen molar-refractivity contribution in [1.82, 2.24) is 4.98 Å². The van der Waals surface area contributed by atoms with Crippen LogP contribution >= 0.6 is 0 Å². The summed E-state index contributed by atoms with van der Waals surface area (Å²) in [7, 11) is 0. The van der Waals surface area contributed by atoms with Gasteiger partial charge in [-0.25, -0.2) is 4.98 Å². The van der Waals surface area contributed by atoms with Gasteiger partial charge in [-0.2, -0.15) is 0 Å². The molecule has 0 aliphatic carbocycles. The van der Waals surface area contributed by atoms with Crippen LogP contribution in [0.25, 0.3) is 0 Å². The van der Waals surface area contributed by atoms with E-state index in [1.807, 2.05) is 24.3 Å². The third kappa shape index (κ3) is 2.85. The summed E-state index contributed by atoms with van der Waals surface area (Å²) in [5.41, 5.74) is 7.98. The monoisotopic (exact) mass is 269 g/mol. The molecule has 0 spiro atoms. The normalized spacial score (nSPS) is 14.5. The highest BCUT2D eigenvalue weighted by Gasteiger charge is 2.11. The van der Waals surface area contributed by atoms with E-state index in [0.29, 0.717) is 12.4 Å². The molecule has 0 atom stereocenters. The Morgan fingerprint density at radius 2 is 1.85 bits per heavy atom. The van der Waals surface area contributed by atoms with Crippen molar-refractivity contribution < 1.29 is 4.74 Å². The van der Waals surface area contributed by atoms with Gasteiger partial charge in [-0.15, -0.1) is 0 Å². The summed E-state index contributed by atoms with van der Waals surface area (Å²) in [4.78, 5) is 6.45. The Morgan fingerprint density at radius 1 is 1.10 bits per heavy atom. The third-order valence-electron chi connectivity index (χ3n) is 3.63. The SMILES string of the molecule is Nc1ncccc1COc1ccc(N2CCCC2)cc1. The highest BCUT2D eigenvalue weighted by atomic mass is 16.5. The number of ether oxygens (including phenoxy) is 1. The first kappa shape index (κ1) is 12.8. The van der Waals surface area contributed by atoms with Crippen molar-refractivity contribution in [2.45, 2.75) is 19.4 Å². The molecule has 1 aromatic carbocycles. The summed E-state index contributed by atoms with van der Waals surface area (Å²) in [5, 5.41) is 0. The van der Waals surface area contributed by atoms with E-state index >= 15 is 0 Å². The van der Waals surface area contributed by atoms with Gasteiger partial charge in [0.15, 0.2) is 0 Å². The quantitative estimate of drug-likeness (QED) is 0.927. The van der Waals surface area contributed by atoms with E-state index in [1.165, 1.54) is 18.5 Å². The lowest BCUT2D eigenvalue weighted by atomic mass is 10.2. The zero-order valence-electron chi connectivity index (χ0n) is 11.5. The van der Waals surface area contributed by atoms with Gasteiger partial charge in [0.1, 0.15) is 18.2 Å². The molecule has 1 aliphatic heterocycles. The molecule has 1 aliphatic rings. The first-order chi connectivity index (χ1) is 9.83. The Balaban J connectivity index is 1.62. The van der Waals surface area contributed by atoms with Crippen molar-refractivity contribution in [3.05, 3.63) is 48.2 Å². The van der Waals surface area contributed by atoms with Crippen LogP contribution in [0.15, 0.2) is 42.6 Å². The topological polar surface area (TPSA) is 51.4 Å². The van der Waals surface area contributed by atoms with Crippen LogP contribution in [0.1, 0.15) is 18.4 Å². The Morgan fingerprint density at radius 3 is 2.55 bits per heavy atom. The molecular weight excluding hydrogens is 250 g/mol. The third-order valence-corrected chi connectivity index (χ3v) is 3.63. The molecule has 0 unspecified atom stereocenters. The minimum absolute atomic E-state index is 0.447. The molecule has 20 heavy (non-hydrogen) atoms. The minimum Gasteiger partial charge on any atom is -0.489 e. The van der Waals surface area contributed by atoms with Crippen LogP contribution in [-0.2, 0) is 6.61 Å². The number of aromatic nitrogens is 1. The molecule has 0 bridgehead atoms. The fourth-order valence-corrected chi connectivity index (χ4v) is 2.46. The second-order valence-corrected chi connectivity index (χ2v) is 5.02. The molecule has 1 fully saturated rings. The van der Waals surface area contributed by atoms with E-state index in [9.17, 15) is 0 Å². The summed E-state index contributed by atoms with van der Waals surface area (Å²) in [6.45, 7) is 2.77. The van der Waals surface area contributed by atoms with E-state index in [2.05, 4.69) is 22.0 Å². The number of benzene rings is 1.